The van der Waals surface area contributed by atoms with Crippen LogP contribution in [0.25, 0.3) is 78.1 Å². The molecule has 19 aromatic rings. The van der Waals surface area contributed by atoms with Crippen LogP contribution in [0.15, 0.2) is 138 Å². The van der Waals surface area contributed by atoms with Crippen molar-refractivity contribution in [1.82, 2.24) is 189 Å². The number of hydrogen-bond acceptors (Lipinski definition) is 46. The molecule has 2 aliphatic carbocycles. The van der Waals surface area contributed by atoms with Crippen molar-refractivity contribution in [3.63, 3.8) is 0 Å². The molecule has 0 aromatic carbocycles. The van der Waals surface area contributed by atoms with Crippen molar-refractivity contribution in [3.8, 4) is 0 Å². The molecule has 61 nitrogen and oxygen atoms in total. The largest absolute Gasteiger partial charge is 0.385 e. The Bertz CT molecular complexity index is 7240. The van der Waals surface area contributed by atoms with Crippen LogP contribution < -0.4 is 119 Å². The van der Waals surface area contributed by atoms with Crippen LogP contribution in [-0.2, 0) is 4.89 Å². The van der Waals surface area contributed by atoms with Crippen LogP contribution in [0.5, 0.6) is 0 Å². The molecule has 2 saturated carbocycles. The number of imidazole rings is 7. The van der Waals surface area contributed by atoms with Crippen molar-refractivity contribution >= 4 is 166 Å². The number of halogens is 2. The molecule has 2 aliphatic rings. The van der Waals surface area contributed by atoms with Crippen LogP contribution in [0, 0.1) is 19.7 Å². The van der Waals surface area contributed by atoms with Gasteiger partial charge in [0.15, 0.2) is 79.3 Å². The minimum atomic E-state index is -0.713. The number of aromatic amines is 15. The number of anilines is 13. The first-order valence-corrected chi connectivity index (χ1v) is 35.9. The highest BCUT2D eigenvalue weighted by Gasteiger charge is 2.44. The van der Waals surface area contributed by atoms with E-state index < -0.39 is 34.3 Å². The first-order valence-electron chi connectivity index (χ1n) is 35.6. The summed E-state index contributed by atoms with van der Waals surface area (Å²) < 4.78 is 12.1. The average Bonchev–Trinajstić information content (AvgIpc) is 1.63. The van der Waals surface area contributed by atoms with E-state index in [-0.39, 0.29) is 70.3 Å². The third-order valence-electron chi connectivity index (χ3n) is 15.7. The maximum atomic E-state index is 12.1. The maximum Gasteiger partial charge on any atom is 0.346 e. The van der Waals surface area contributed by atoms with Gasteiger partial charge >= 0.3 is 28.4 Å². The quantitative estimate of drug-likeness (QED) is 0.0449. The van der Waals surface area contributed by atoms with E-state index in [1.165, 1.54) is 87.7 Å². The summed E-state index contributed by atoms with van der Waals surface area (Å²) in [5.41, 5.74) is 64.7. The normalized spacial score (nSPS) is 11.6. The molecule has 0 aliphatic heterocycles. The molecule has 0 radical (unpaired) electrons. The number of nitrogens with one attached hydrogen (secondary N) is 17. The Balaban J connectivity index is 0.000000145. The van der Waals surface area contributed by atoms with E-state index >= 15 is 0 Å². The molecular weight excluding hydrogens is 1700 g/mol. The van der Waals surface area contributed by atoms with Crippen molar-refractivity contribution in [2.24, 2.45) is 0 Å². The molecule has 0 spiro atoms. The standard InChI is InChI=1S/C9H12N6O2.C8H10N6.C5H4ClN5.C5H6N6.C5H5N5O.2C5H5N5.C5H7N3O.C5H6N2O2.C4H4FN3O.C4H5N3O.C4H4N2O2/c10-8-13-6-5(11-4-12-6)7(14-8)15-9(1-2-9)3-17-16;9-8-13-6-5(10-3-11-6)7(14-8)12-4-1-2-4;2*6-3-2-4(9-1-8-2)11-5(7)10-3;6-5-9-3-2(4(11)10-5)7-1-8-3;6-4-3-5(9-1-7-3)10-2-8-4;6-5-7-1-3-4(10-5)9-2-8-3;1-3-2-7-5(9)8-4(3)6;1-3-2-6-5(9)7-4(3)8;5-2-1-7-4(9)8-3(2)6;5-3-1-2-6-4(8)7-3;7-3-1-2-5-4(8)6-3/h4,16H,1-3H2,(H4,10,11,12,13,14,15);3-4H,1-2H2,(H4,9,10,11,12,13,14);1H,(H3,7,8,9,10,11);1H,(H5,6,7,8,9,10,11);1H,(H4,6,7,8,9,10,11);2*1-2H,(H3,6,7,8,9,10);2H,1H3,(H3,6,7,8,9);2H,1H3,(H2,6,7,8,9);1H,(H3,6,7,8,9);1-2H,(H3,5,6,7,8);1-2H,(H2,5,6,7,8). The monoisotopic (exact) mass is 1770 g/mol. The highest BCUT2D eigenvalue weighted by atomic mass is 35.5. The Hall–Kier alpha value is -18.8. The fourth-order valence-electron chi connectivity index (χ4n) is 9.33. The van der Waals surface area contributed by atoms with Gasteiger partial charge in [-0.25, -0.2) is 93.1 Å². The molecule has 21 rings (SSSR count). The predicted molar refractivity (Wildman–Crippen MR) is 458 cm³/mol. The highest BCUT2D eigenvalue weighted by molar-refractivity contribution is 6.33. The average molecular weight is 1770 g/mol. The smallest absolute Gasteiger partial charge is 0.346 e. The minimum absolute atomic E-state index is 0.0783. The Morgan fingerprint density at radius 2 is 0.961 bits per heavy atom. The summed E-state index contributed by atoms with van der Waals surface area (Å²) in [6.07, 6.45) is 24.0. The predicted octanol–water partition coefficient (Wildman–Crippen LogP) is -2.98. The minimum Gasteiger partial charge on any atom is -0.385 e. The zero-order chi connectivity index (χ0) is 91.4. The number of nitrogens with two attached hydrogens (primary N) is 11. The molecule has 0 amide bonds. The summed E-state index contributed by atoms with van der Waals surface area (Å²) in [7, 11) is 0. The first kappa shape index (κ1) is 90.5. The van der Waals surface area contributed by atoms with Crippen molar-refractivity contribution in [1.29, 1.82) is 0 Å². The summed E-state index contributed by atoms with van der Waals surface area (Å²) in [6, 6.07) is 3.29. The van der Waals surface area contributed by atoms with Gasteiger partial charge in [-0.05, 0) is 45.6 Å². The molecular formula is C64H73ClFN51O10. The third kappa shape index (κ3) is 26.8. The van der Waals surface area contributed by atoms with Gasteiger partial charge in [0.1, 0.15) is 63.5 Å². The van der Waals surface area contributed by atoms with Crippen molar-refractivity contribution < 1.29 is 14.5 Å². The number of H-pyrrole nitrogens is 15. The molecule has 127 heavy (non-hydrogen) atoms. The maximum absolute atomic E-state index is 12.1. The van der Waals surface area contributed by atoms with E-state index in [4.69, 9.17) is 79.9 Å². The molecule has 0 atom stereocenters. The van der Waals surface area contributed by atoms with Crippen LogP contribution in [-0.4, -0.2) is 213 Å². The molecule has 0 unspecified atom stereocenters. The van der Waals surface area contributed by atoms with E-state index in [0.717, 1.165) is 41.5 Å². The zero-order valence-corrected chi connectivity index (χ0v) is 66.1. The second-order valence-corrected chi connectivity index (χ2v) is 25.5. The van der Waals surface area contributed by atoms with Crippen LogP contribution >= 0.6 is 11.6 Å². The van der Waals surface area contributed by atoms with Gasteiger partial charge in [-0.1, -0.05) is 11.6 Å². The lowest BCUT2D eigenvalue weighted by atomic mass is 10.3. The van der Waals surface area contributed by atoms with Gasteiger partial charge in [0.2, 0.25) is 35.7 Å². The van der Waals surface area contributed by atoms with Crippen molar-refractivity contribution in [3.05, 3.63) is 206 Å². The molecule has 2 fully saturated rings. The SMILES string of the molecule is Cc1c[nH]c(=O)[nH]c1=O.Cc1cnc(=O)[nH]c1N.Nc1[nH]c(=O)ncc1F.Nc1ccnc(=O)[nH]1.Nc1nc(Cl)c2[nH]cnc2n1.Nc1nc(N)c2[nH]cnc2n1.Nc1nc(NC2(COO)CC2)c2[nH]cnc2n1.Nc1nc(NC2CC2)c2[nH]cnc2n1.Nc1nc2nc[nH]c2c(=O)[nH]1.Nc1ncc2[nH]cnc2n1.Nc1ncnc2nc[nH]c12.O=c1cc[nH]c(=O)[nH]1. The number of rotatable bonds is 6. The molecule has 19 heterocycles. The fourth-order valence-corrected chi connectivity index (χ4v) is 9.56. The Kier molecular flexibility index (Phi) is 30.1. The summed E-state index contributed by atoms with van der Waals surface area (Å²) in [6.45, 7) is 3.61. The molecule has 658 valence electrons. The molecule has 0 saturated heterocycles. The van der Waals surface area contributed by atoms with Crippen LogP contribution in [0.1, 0.15) is 36.8 Å². The topological polar surface area (TPSA) is 1010 Å². The Labute approximate surface area is 704 Å². The number of aryl methyl sites for hydroxylation is 2. The Morgan fingerprint density at radius 1 is 0.449 bits per heavy atom. The highest BCUT2D eigenvalue weighted by Crippen LogP contribution is 2.40. The first-order chi connectivity index (χ1) is 60.8. The summed E-state index contributed by atoms with van der Waals surface area (Å²) in [5, 5.41) is 15.3. The third-order valence-corrected chi connectivity index (χ3v) is 16.0. The van der Waals surface area contributed by atoms with E-state index in [0.29, 0.717) is 113 Å². The number of fused-ring (bicyclic) bond motifs is 7. The zero-order valence-electron chi connectivity index (χ0n) is 65.4. The van der Waals surface area contributed by atoms with Gasteiger partial charge in [-0.3, -0.25) is 49.5 Å². The van der Waals surface area contributed by atoms with Gasteiger partial charge in [0.05, 0.1) is 62.2 Å². The van der Waals surface area contributed by atoms with Crippen LogP contribution in [0.4, 0.5) is 80.8 Å². The molecule has 63 heteroatoms. The lowest BCUT2D eigenvalue weighted by molar-refractivity contribution is -0.245. The molecule has 19 aromatic heterocycles. The van der Waals surface area contributed by atoms with Crippen molar-refractivity contribution in [2.75, 3.05) is 80.3 Å². The lowest BCUT2D eigenvalue weighted by Crippen LogP contribution is -2.27. The van der Waals surface area contributed by atoms with E-state index in [1.54, 1.807) is 32.7 Å². The van der Waals surface area contributed by atoms with Crippen LogP contribution in [0.2, 0.25) is 5.15 Å². The summed E-state index contributed by atoms with van der Waals surface area (Å²) in [5.74, 6) is 2.84. The summed E-state index contributed by atoms with van der Waals surface area (Å²) in [4.78, 5) is 213. The van der Waals surface area contributed by atoms with Gasteiger partial charge < -0.3 is 119 Å². The molecule has 40 N–H and O–H groups in total. The van der Waals surface area contributed by atoms with Crippen LogP contribution in [0.3, 0.4) is 0 Å². The lowest BCUT2D eigenvalue weighted by Gasteiger charge is -2.16. The van der Waals surface area contributed by atoms with E-state index in [2.05, 4.69) is 195 Å². The van der Waals surface area contributed by atoms with Gasteiger partial charge in [-0.15, -0.1) is 0 Å². The summed E-state index contributed by atoms with van der Waals surface area (Å²) >= 11 is 5.70. The van der Waals surface area contributed by atoms with Gasteiger partial charge in [-0.2, -0.15) is 54.8 Å². The Morgan fingerprint density at radius 3 is 1.50 bits per heavy atom. The van der Waals surface area contributed by atoms with E-state index in [9.17, 15) is 42.7 Å². The second-order valence-electron chi connectivity index (χ2n) is 25.1. The number of aromatic nitrogens is 38. The second kappa shape index (κ2) is 42.2. The fraction of sp³-hybridized carbons (Fsp3) is 0.141. The van der Waals surface area contributed by atoms with Gasteiger partial charge in [0, 0.05) is 48.0 Å². The van der Waals surface area contributed by atoms with E-state index in [1.807, 2.05) is 9.97 Å². The van der Waals surface area contributed by atoms with Crippen molar-refractivity contribution in [2.45, 2.75) is 51.1 Å². The number of hydrogen-bond donors (Lipinski definition) is 29. The van der Waals surface area contributed by atoms with Gasteiger partial charge in [0.25, 0.3) is 16.7 Å². The molecule has 0 bridgehead atoms. The number of nitrogen functional groups attached to an aromatic ring is 11. The number of nitrogens with zero attached hydrogens (tertiary/aromatic N) is 23.